The minimum absolute atomic E-state index is 0.0101. The maximum Gasteiger partial charge on any atom is 0.307 e. The van der Waals surface area contributed by atoms with E-state index in [0.717, 1.165) is 0 Å². The maximum absolute atomic E-state index is 10.3. The third-order valence-corrected chi connectivity index (χ3v) is 1.68. The van der Waals surface area contributed by atoms with Crippen molar-refractivity contribution in [3.8, 4) is 0 Å². The van der Waals surface area contributed by atoms with Crippen molar-refractivity contribution in [2.45, 2.75) is 11.3 Å². The topological polar surface area (TPSA) is 37.3 Å². The molecule has 0 aliphatic rings. The zero-order valence-electron chi connectivity index (χ0n) is 5.74. The van der Waals surface area contributed by atoms with Gasteiger partial charge in [0, 0.05) is 4.90 Å². The van der Waals surface area contributed by atoms with E-state index in [1.165, 1.54) is 0 Å². The summed E-state index contributed by atoms with van der Waals surface area (Å²) in [7, 11) is 0. The van der Waals surface area contributed by atoms with Gasteiger partial charge in [-0.2, -0.15) is 0 Å². The summed E-state index contributed by atoms with van der Waals surface area (Å²) in [5, 5.41) is 8.44. The number of rotatable bonds is 2. The van der Waals surface area contributed by atoms with Crippen LogP contribution in [0, 0.1) is 6.07 Å². The Bertz CT molecular complexity index is 271. The summed E-state index contributed by atoms with van der Waals surface area (Å²) in [4.78, 5) is 10.9. The number of carboxylic acids is 1. The van der Waals surface area contributed by atoms with Crippen LogP contribution in [0.1, 0.15) is 5.56 Å². The van der Waals surface area contributed by atoms with Crippen molar-refractivity contribution in [2.24, 2.45) is 0 Å². The zero-order valence-corrected chi connectivity index (χ0v) is 6.64. The van der Waals surface area contributed by atoms with Crippen LogP contribution in [-0.4, -0.2) is 11.1 Å². The van der Waals surface area contributed by atoms with Gasteiger partial charge in [-0.1, -0.05) is 18.2 Å². The molecule has 0 bridgehead atoms. The predicted molar refractivity (Wildman–Crippen MR) is 43.9 cm³/mol. The van der Waals surface area contributed by atoms with Crippen molar-refractivity contribution >= 4 is 18.6 Å². The molecule has 11 heavy (non-hydrogen) atoms. The Morgan fingerprint density at radius 1 is 1.73 bits per heavy atom. The molecule has 0 aliphatic carbocycles. The highest BCUT2D eigenvalue weighted by Crippen LogP contribution is 2.12. The third-order valence-electron chi connectivity index (χ3n) is 1.26. The molecule has 0 spiro atoms. The number of aliphatic carboxylic acids is 1. The number of thiol groups is 1. The van der Waals surface area contributed by atoms with Crippen molar-refractivity contribution in [1.82, 2.24) is 0 Å². The summed E-state index contributed by atoms with van der Waals surface area (Å²) < 4.78 is 0. The number of hydrogen-bond donors (Lipinski definition) is 2. The van der Waals surface area contributed by atoms with Crippen molar-refractivity contribution in [3.05, 3.63) is 29.8 Å². The smallest absolute Gasteiger partial charge is 0.307 e. The van der Waals surface area contributed by atoms with E-state index >= 15 is 0 Å². The molecule has 1 aromatic rings. The molecule has 1 aromatic carbocycles. The summed E-state index contributed by atoms with van der Waals surface area (Å²) >= 11 is 4.05. The van der Waals surface area contributed by atoms with E-state index in [9.17, 15) is 4.79 Å². The Morgan fingerprint density at radius 2 is 2.45 bits per heavy atom. The number of carbonyl (C=O) groups is 1. The lowest BCUT2D eigenvalue weighted by atomic mass is 10.1. The fourth-order valence-electron chi connectivity index (χ4n) is 0.769. The molecule has 3 heteroatoms. The molecule has 1 N–H and O–H groups in total. The van der Waals surface area contributed by atoms with Crippen LogP contribution in [0.5, 0.6) is 0 Å². The number of hydrogen-bond acceptors (Lipinski definition) is 2. The summed E-state index contributed by atoms with van der Waals surface area (Å²) in [6.07, 6.45) is 0.0101. The second-order valence-corrected chi connectivity index (χ2v) is 2.56. The van der Waals surface area contributed by atoms with Crippen molar-refractivity contribution in [1.29, 1.82) is 0 Å². The largest absolute Gasteiger partial charge is 0.481 e. The lowest BCUT2D eigenvalue weighted by molar-refractivity contribution is -0.136. The zero-order chi connectivity index (χ0) is 8.27. The summed E-state index contributed by atoms with van der Waals surface area (Å²) in [6, 6.07) is 7.99. The highest BCUT2D eigenvalue weighted by molar-refractivity contribution is 7.80. The summed E-state index contributed by atoms with van der Waals surface area (Å²) in [5.41, 5.74) is 0.698. The minimum Gasteiger partial charge on any atom is -0.481 e. The van der Waals surface area contributed by atoms with Gasteiger partial charge < -0.3 is 5.11 Å². The normalized spacial score (nSPS) is 9.55. The van der Waals surface area contributed by atoms with Gasteiger partial charge >= 0.3 is 5.97 Å². The quantitative estimate of drug-likeness (QED) is 0.653. The maximum atomic E-state index is 10.3. The molecule has 1 radical (unpaired) electrons. The van der Waals surface area contributed by atoms with Crippen LogP contribution in [0.25, 0.3) is 0 Å². The second kappa shape index (κ2) is 3.44. The first-order chi connectivity index (χ1) is 5.20. The van der Waals surface area contributed by atoms with Gasteiger partial charge in [0.1, 0.15) is 0 Å². The first kappa shape index (κ1) is 8.14. The molecule has 0 fully saturated rings. The van der Waals surface area contributed by atoms with Crippen LogP contribution < -0.4 is 0 Å². The Labute approximate surface area is 70.3 Å². The lowest BCUT2D eigenvalue weighted by Gasteiger charge is -1.98. The predicted octanol–water partition coefficient (Wildman–Crippen LogP) is 1.40. The first-order valence-electron chi connectivity index (χ1n) is 3.10. The van der Waals surface area contributed by atoms with E-state index in [-0.39, 0.29) is 6.42 Å². The summed E-state index contributed by atoms with van der Waals surface area (Å²) in [6.45, 7) is 0. The van der Waals surface area contributed by atoms with Gasteiger partial charge in [-0.25, -0.2) is 0 Å². The molecule has 57 valence electrons. The molecule has 0 heterocycles. The SMILES string of the molecule is O=C(O)Cc1ccc[c]c1S. The average Bonchev–Trinajstić information content (AvgIpc) is 1.93. The fourth-order valence-corrected chi connectivity index (χ4v) is 0.997. The van der Waals surface area contributed by atoms with Crippen molar-refractivity contribution in [2.75, 3.05) is 0 Å². The van der Waals surface area contributed by atoms with Crippen molar-refractivity contribution < 1.29 is 9.90 Å². The van der Waals surface area contributed by atoms with Gasteiger partial charge in [-0.15, -0.1) is 12.6 Å². The van der Waals surface area contributed by atoms with Crippen LogP contribution >= 0.6 is 12.6 Å². The van der Waals surface area contributed by atoms with Crippen LogP contribution in [0.3, 0.4) is 0 Å². The van der Waals surface area contributed by atoms with Gasteiger partial charge in [0.15, 0.2) is 0 Å². The standard InChI is InChI=1S/C8H7O2S/c9-8(10)5-6-3-1-2-4-7(6)11/h1-3,11H,5H2,(H,9,10). The van der Waals surface area contributed by atoms with E-state index in [1.807, 2.05) is 0 Å². The van der Waals surface area contributed by atoms with Crippen LogP contribution in [0.15, 0.2) is 23.1 Å². The molecule has 2 nitrogen and oxygen atoms in total. The molecule has 0 aliphatic heterocycles. The van der Waals surface area contributed by atoms with Crippen LogP contribution in [0.2, 0.25) is 0 Å². The highest BCUT2D eigenvalue weighted by atomic mass is 32.1. The minimum atomic E-state index is -0.847. The Kier molecular flexibility index (Phi) is 2.54. The number of benzene rings is 1. The molecular formula is C8H7O2S. The molecule has 0 atom stereocenters. The molecule has 0 saturated carbocycles. The van der Waals surface area contributed by atoms with E-state index in [0.29, 0.717) is 10.5 Å². The first-order valence-corrected chi connectivity index (χ1v) is 3.55. The Hall–Kier alpha value is -0.960. The fraction of sp³-hybridized carbons (Fsp3) is 0.125. The molecule has 0 aromatic heterocycles. The van der Waals surface area contributed by atoms with Gasteiger partial charge in [0.2, 0.25) is 0 Å². The Balaban J connectivity index is 2.86. The van der Waals surface area contributed by atoms with Gasteiger partial charge in [0.25, 0.3) is 0 Å². The van der Waals surface area contributed by atoms with Gasteiger partial charge in [-0.05, 0) is 11.6 Å². The monoisotopic (exact) mass is 167 g/mol. The molecular weight excluding hydrogens is 160 g/mol. The second-order valence-electron chi connectivity index (χ2n) is 2.11. The van der Waals surface area contributed by atoms with Gasteiger partial charge in [-0.3, -0.25) is 4.79 Å². The van der Waals surface area contributed by atoms with Crippen LogP contribution in [-0.2, 0) is 11.2 Å². The third kappa shape index (κ3) is 2.27. The van der Waals surface area contributed by atoms with E-state index in [4.69, 9.17) is 5.11 Å². The summed E-state index contributed by atoms with van der Waals surface area (Å²) in [5.74, 6) is -0.847. The van der Waals surface area contributed by atoms with Crippen LogP contribution in [0.4, 0.5) is 0 Å². The molecule has 0 unspecified atom stereocenters. The molecule has 1 rings (SSSR count). The Morgan fingerprint density at radius 3 is 3.00 bits per heavy atom. The number of carboxylic acid groups (broad SMARTS) is 1. The highest BCUT2D eigenvalue weighted by Gasteiger charge is 2.02. The lowest BCUT2D eigenvalue weighted by Crippen LogP contribution is -2.00. The molecule has 0 saturated heterocycles. The van der Waals surface area contributed by atoms with Gasteiger partial charge in [0.05, 0.1) is 6.42 Å². The molecule has 0 amide bonds. The van der Waals surface area contributed by atoms with E-state index in [2.05, 4.69) is 18.7 Å². The average molecular weight is 167 g/mol. The van der Waals surface area contributed by atoms with Crippen molar-refractivity contribution in [3.63, 3.8) is 0 Å². The van der Waals surface area contributed by atoms with E-state index in [1.54, 1.807) is 18.2 Å². The van der Waals surface area contributed by atoms with E-state index < -0.39 is 5.97 Å².